The average molecular weight is 358 g/mol. The number of hydrogen-bond acceptors (Lipinski definition) is 3. The predicted molar refractivity (Wildman–Crippen MR) is 74.8 cm³/mol. The Morgan fingerprint density at radius 2 is 1.94 bits per heavy atom. The van der Waals surface area contributed by atoms with E-state index in [-0.39, 0.29) is 0 Å². The monoisotopic (exact) mass is 356 g/mol. The lowest BCUT2D eigenvalue weighted by atomic mass is 10.2. The Labute approximate surface area is 116 Å². The number of pyridine rings is 1. The first-order valence-corrected chi connectivity index (χ1v) is 6.52. The first-order valence-electron chi connectivity index (χ1n) is 4.94. The number of nitrogen functional groups attached to an aromatic ring is 1. The van der Waals surface area contributed by atoms with Gasteiger partial charge in [0.15, 0.2) is 0 Å². The lowest BCUT2D eigenvalue weighted by molar-refractivity contribution is 0.291. The maximum Gasteiger partial charge on any atom is 0.228 e. The van der Waals surface area contributed by atoms with Gasteiger partial charge in [0.1, 0.15) is 6.61 Å². The molecule has 0 fully saturated rings. The zero-order chi connectivity index (χ0) is 12.3. The Kier molecular flexibility index (Phi) is 4.02. The molecule has 0 aliphatic rings. The Morgan fingerprint density at radius 1 is 1.18 bits per heavy atom. The third kappa shape index (κ3) is 3.20. The van der Waals surface area contributed by atoms with Crippen LogP contribution in [0.2, 0.25) is 0 Å². The summed E-state index contributed by atoms with van der Waals surface area (Å²) in [6.07, 6.45) is 1.57. The molecule has 2 aromatic rings. The lowest BCUT2D eigenvalue weighted by Crippen LogP contribution is -1.99. The minimum Gasteiger partial charge on any atom is -0.472 e. The summed E-state index contributed by atoms with van der Waals surface area (Å²) in [4.78, 5) is 4.11. The molecule has 1 aromatic carbocycles. The third-order valence-corrected chi connectivity index (χ3v) is 3.49. The Bertz CT molecular complexity index is 532. The van der Waals surface area contributed by atoms with E-state index >= 15 is 0 Å². The molecule has 3 nitrogen and oxygen atoms in total. The molecule has 88 valence electrons. The molecule has 0 aliphatic heterocycles. The molecule has 0 saturated carbocycles. The highest BCUT2D eigenvalue weighted by Gasteiger charge is 2.05. The molecule has 0 amide bonds. The van der Waals surface area contributed by atoms with Gasteiger partial charge in [0, 0.05) is 10.0 Å². The van der Waals surface area contributed by atoms with E-state index in [0.29, 0.717) is 18.2 Å². The molecule has 0 spiro atoms. The van der Waals surface area contributed by atoms with Crippen molar-refractivity contribution in [3.05, 3.63) is 51.0 Å². The molecule has 0 bridgehead atoms. The Hall–Kier alpha value is -1.07. The summed E-state index contributed by atoms with van der Waals surface area (Å²) in [5, 5.41) is 0. The second-order valence-corrected chi connectivity index (χ2v) is 5.14. The molecule has 1 aromatic heterocycles. The number of anilines is 1. The number of ether oxygens (including phenoxy) is 1. The van der Waals surface area contributed by atoms with E-state index in [1.165, 1.54) is 0 Å². The van der Waals surface area contributed by atoms with Gasteiger partial charge < -0.3 is 10.5 Å². The highest BCUT2D eigenvalue weighted by atomic mass is 79.9. The topological polar surface area (TPSA) is 48.1 Å². The predicted octanol–water partition coefficient (Wildman–Crippen LogP) is 3.77. The molecule has 17 heavy (non-hydrogen) atoms. The van der Waals surface area contributed by atoms with Crippen LogP contribution in [0.3, 0.4) is 0 Å². The van der Waals surface area contributed by atoms with E-state index in [4.69, 9.17) is 10.5 Å². The van der Waals surface area contributed by atoms with Gasteiger partial charge in [0.25, 0.3) is 0 Å². The molecule has 2 rings (SSSR count). The van der Waals surface area contributed by atoms with E-state index in [0.717, 1.165) is 14.5 Å². The molecular weight excluding hydrogens is 348 g/mol. The smallest absolute Gasteiger partial charge is 0.228 e. The highest BCUT2D eigenvalue weighted by molar-refractivity contribution is 9.10. The first kappa shape index (κ1) is 12.4. The van der Waals surface area contributed by atoms with Gasteiger partial charge in [0.2, 0.25) is 5.88 Å². The fourth-order valence-corrected chi connectivity index (χ4v) is 2.19. The van der Waals surface area contributed by atoms with E-state index in [9.17, 15) is 0 Å². The fraction of sp³-hybridized carbons (Fsp3) is 0.0833. The third-order valence-electron chi connectivity index (χ3n) is 2.15. The molecule has 5 heteroatoms. The van der Waals surface area contributed by atoms with Gasteiger partial charge in [0.05, 0.1) is 16.4 Å². The van der Waals surface area contributed by atoms with Gasteiger partial charge in [-0.15, -0.1) is 0 Å². The van der Waals surface area contributed by atoms with Crippen molar-refractivity contribution in [3.8, 4) is 5.88 Å². The van der Waals surface area contributed by atoms with Crippen LogP contribution in [-0.2, 0) is 6.61 Å². The van der Waals surface area contributed by atoms with Gasteiger partial charge in [-0.3, -0.25) is 0 Å². The summed E-state index contributed by atoms with van der Waals surface area (Å²) in [5.41, 5.74) is 7.27. The maximum absolute atomic E-state index is 5.62. The van der Waals surface area contributed by atoms with Gasteiger partial charge in [-0.25, -0.2) is 4.98 Å². The van der Waals surface area contributed by atoms with Gasteiger partial charge in [-0.05, 0) is 28.1 Å². The van der Waals surface area contributed by atoms with Crippen LogP contribution in [-0.4, -0.2) is 4.98 Å². The van der Waals surface area contributed by atoms with E-state index in [1.54, 1.807) is 12.3 Å². The Morgan fingerprint density at radius 3 is 2.65 bits per heavy atom. The quantitative estimate of drug-likeness (QED) is 0.909. The molecule has 0 radical (unpaired) electrons. The fourth-order valence-electron chi connectivity index (χ4n) is 1.31. The summed E-state index contributed by atoms with van der Waals surface area (Å²) in [7, 11) is 0. The van der Waals surface area contributed by atoms with Crippen LogP contribution in [0.15, 0.2) is 45.5 Å². The van der Waals surface area contributed by atoms with Gasteiger partial charge in [-0.2, -0.15) is 0 Å². The summed E-state index contributed by atoms with van der Waals surface area (Å²) in [5.74, 6) is 0.537. The van der Waals surface area contributed by atoms with Crippen molar-refractivity contribution in [2.24, 2.45) is 0 Å². The standard InChI is InChI=1S/C12H10Br2N2O/c13-10-4-2-1-3-8(10)7-17-12-11(14)5-9(15)6-16-12/h1-6H,7,15H2. The van der Waals surface area contributed by atoms with Crippen molar-refractivity contribution in [2.45, 2.75) is 6.61 Å². The number of halogens is 2. The SMILES string of the molecule is Nc1cnc(OCc2ccccc2Br)c(Br)c1. The van der Waals surface area contributed by atoms with E-state index in [1.807, 2.05) is 24.3 Å². The van der Waals surface area contributed by atoms with Crippen LogP contribution in [0, 0.1) is 0 Å². The van der Waals surface area contributed by atoms with E-state index in [2.05, 4.69) is 36.8 Å². The van der Waals surface area contributed by atoms with Crippen molar-refractivity contribution in [1.29, 1.82) is 0 Å². The van der Waals surface area contributed by atoms with Crippen LogP contribution < -0.4 is 10.5 Å². The number of hydrogen-bond donors (Lipinski definition) is 1. The van der Waals surface area contributed by atoms with Crippen molar-refractivity contribution in [3.63, 3.8) is 0 Å². The van der Waals surface area contributed by atoms with Gasteiger partial charge >= 0.3 is 0 Å². The zero-order valence-electron chi connectivity index (χ0n) is 8.86. The van der Waals surface area contributed by atoms with E-state index < -0.39 is 0 Å². The van der Waals surface area contributed by atoms with Crippen molar-refractivity contribution in [1.82, 2.24) is 4.98 Å². The molecule has 0 aliphatic carbocycles. The van der Waals surface area contributed by atoms with Crippen LogP contribution in [0.25, 0.3) is 0 Å². The van der Waals surface area contributed by atoms with Crippen molar-refractivity contribution < 1.29 is 4.74 Å². The minimum absolute atomic E-state index is 0.455. The molecule has 1 heterocycles. The van der Waals surface area contributed by atoms with Crippen LogP contribution in [0.1, 0.15) is 5.56 Å². The normalized spacial score (nSPS) is 10.2. The maximum atomic E-state index is 5.62. The highest BCUT2D eigenvalue weighted by Crippen LogP contribution is 2.25. The number of nitrogens with two attached hydrogens (primary N) is 1. The Balaban J connectivity index is 2.10. The molecular formula is C12H10Br2N2O. The summed E-state index contributed by atoms with van der Waals surface area (Å²) >= 11 is 6.83. The summed E-state index contributed by atoms with van der Waals surface area (Å²) in [6, 6.07) is 9.67. The molecule has 0 saturated heterocycles. The number of rotatable bonds is 3. The van der Waals surface area contributed by atoms with Gasteiger partial charge in [-0.1, -0.05) is 34.1 Å². The van der Waals surface area contributed by atoms with Crippen LogP contribution >= 0.6 is 31.9 Å². The number of nitrogens with zero attached hydrogens (tertiary/aromatic N) is 1. The number of aromatic nitrogens is 1. The molecule has 2 N–H and O–H groups in total. The zero-order valence-corrected chi connectivity index (χ0v) is 12.0. The van der Waals surface area contributed by atoms with Crippen LogP contribution in [0.5, 0.6) is 5.88 Å². The molecule has 0 atom stereocenters. The lowest BCUT2D eigenvalue weighted by Gasteiger charge is -2.08. The van der Waals surface area contributed by atoms with Crippen molar-refractivity contribution in [2.75, 3.05) is 5.73 Å². The minimum atomic E-state index is 0.455. The molecule has 0 unspecified atom stereocenters. The summed E-state index contributed by atoms with van der Waals surface area (Å²) < 4.78 is 7.39. The largest absolute Gasteiger partial charge is 0.472 e. The first-order chi connectivity index (χ1) is 8.16. The number of benzene rings is 1. The second-order valence-electron chi connectivity index (χ2n) is 3.44. The van der Waals surface area contributed by atoms with Crippen molar-refractivity contribution >= 4 is 37.5 Å². The summed E-state index contributed by atoms with van der Waals surface area (Å²) in [6.45, 7) is 0.455. The average Bonchev–Trinajstić information content (AvgIpc) is 2.30. The van der Waals surface area contributed by atoms with Crippen LogP contribution in [0.4, 0.5) is 5.69 Å². The second kappa shape index (κ2) is 5.51.